The zero-order valence-corrected chi connectivity index (χ0v) is 34.3. The summed E-state index contributed by atoms with van der Waals surface area (Å²) in [5.41, 5.74) is 12.3. The molecule has 294 valence electrons. The highest BCUT2D eigenvalue weighted by Gasteiger charge is 2.28. The van der Waals surface area contributed by atoms with E-state index in [1.807, 2.05) is 110 Å². The molecule has 0 saturated heterocycles. The first kappa shape index (κ1) is 26.4. The van der Waals surface area contributed by atoms with E-state index >= 15 is 0 Å². The Balaban J connectivity index is 1.14. The van der Waals surface area contributed by atoms with Crippen molar-refractivity contribution in [3.8, 4) is 0 Å². The van der Waals surface area contributed by atoms with Crippen LogP contribution < -0.4 is 9.80 Å². The minimum Gasteiger partial charge on any atom is -0.310 e. The van der Waals surface area contributed by atoms with Crippen molar-refractivity contribution in [2.24, 2.45) is 0 Å². The van der Waals surface area contributed by atoms with Gasteiger partial charge in [0.25, 0.3) is 0 Å². The third kappa shape index (κ3) is 4.72. The summed E-state index contributed by atoms with van der Waals surface area (Å²) < 4.78 is 93.7. The number of benzene rings is 9. The predicted molar refractivity (Wildman–Crippen MR) is 264 cm³/mol. The van der Waals surface area contributed by atoms with Gasteiger partial charge < -0.3 is 18.6 Å². The van der Waals surface area contributed by atoms with Crippen molar-refractivity contribution in [3.05, 3.63) is 204 Å². The normalized spacial score (nSPS) is 14.5. The first-order valence-corrected chi connectivity index (χ1v) is 20.8. The lowest BCUT2D eigenvalue weighted by Gasteiger charge is -2.28. The average molecular weight is 805 g/mol. The second-order valence-corrected chi connectivity index (χ2v) is 16.5. The third-order valence-electron chi connectivity index (χ3n) is 12.9. The summed E-state index contributed by atoms with van der Waals surface area (Å²) in [5, 5.41) is 7.62. The van der Waals surface area contributed by atoms with Gasteiger partial charge in [0.15, 0.2) is 0 Å². The maximum Gasteiger partial charge on any atom is 0.0645 e. The number of hydrogen-bond donors (Lipinski definition) is 0. The minimum absolute atomic E-state index is 0.0681. The molecule has 9 aromatic carbocycles. The van der Waals surface area contributed by atoms with Crippen LogP contribution in [0.4, 0.5) is 34.1 Å². The first-order valence-electron chi connectivity index (χ1n) is 25.8. The quantitative estimate of drug-likeness (QED) is 0.166. The molecular weight excluding hydrogens is 753 g/mol. The largest absolute Gasteiger partial charge is 0.310 e. The van der Waals surface area contributed by atoms with Crippen LogP contribution in [0.3, 0.4) is 0 Å². The Hall–Kier alpha value is -7.82. The van der Waals surface area contributed by atoms with Crippen LogP contribution >= 0.6 is 0 Å². The van der Waals surface area contributed by atoms with E-state index < -0.39 is 36.3 Å². The maximum atomic E-state index is 9.27. The lowest BCUT2D eigenvalue weighted by atomic mass is 10.0. The summed E-state index contributed by atoms with van der Waals surface area (Å²) in [4.78, 5) is 3.70. The molecule has 0 unspecified atom stereocenters. The standard InChI is InChI=1S/C58H42N4/c1-35-23-25-37(3)51(31-35)59(39-15-7-5-8-16-39)49-29-27-41-45-33-54-46(34-53(45)61-47-21-13-11-19-43(47)55(49)57(41)61)42-28-30-50(56-44-20-12-14-22-48(44)62(54)58(42)56)60(40-17-9-6-10-18-40)52-32-36(2)24-26-38(52)4/h5-34H,1-4H3/i5D,6D,7D,8D,9D,10D,15D,16D,17D,18D. The van der Waals surface area contributed by atoms with Crippen LogP contribution in [0, 0.1) is 27.7 Å². The van der Waals surface area contributed by atoms with Gasteiger partial charge >= 0.3 is 0 Å². The molecule has 0 saturated carbocycles. The van der Waals surface area contributed by atoms with Crippen LogP contribution in [0.1, 0.15) is 36.0 Å². The number of para-hydroxylation sites is 4. The highest BCUT2D eigenvalue weighted by Crippen LogP contribution is 2.51. The van der Waals surface area contributed by atoms with E-state index in [0.29, 0.717) is 22.7 Å². The zero-order valence-electron chi connectivity index (χ0n) is 44.3. The van der Waals surface area contributed by atoms with E-state index in [1.165, 1.54) is 0 Å². The molecule has 0 aliphatic carbocycles. The van der Waals surface area contributed by atoms with Crippen molar-refractivity contribution in [2.75, 3.05) is 9.80 Å². The summed E-state index contributed by atoms with van der Waals surface area (Å²) in [6.07, 6.45) is 0. The Labute approximate surface area is 373 Å². The molecule has 0 spiro atoms. The molecule has 0 radical (unpaired) electrons. The summed E-state index contributed by atoms with van der Waals surface area (Å²) in [6, 6.07) is 37.4. The van der Waals surface area contributed by atoms with Crippen molar-refractivity contribution in [1.29, 1.82) is 0 Å². The Morgan fingerprint density at radius 3 is 1.23 bits per heavy atom. The Morgan fingerprint density at radius 1 is 0.371 bits per heavy atom. The predicted octanol–water partition coefficient (Wildman–Crippen LogP) is 16.2. The average Bonchev–Trinajstić information content (AvgIpc) is 4.11. The van der Waals surface area contributed by atoms with Gasteiger partial charge in [0.05, 0.1) is 58.2 Å². The summed E-state index contributed by atoms with van der Waals surface area (Å²) in [5.74, 6) is 0. The van der Waals surface area contributed by atoms with Gasteiger partial charge in [-0.05, 0) is 123 Å². The van der Waals surface area contributed by atoms with Gasteiger partial charge in [-0.3, -0.25) is 0 Å². The van der Waals surface area contributed by atoms with Crippen molar-refractivity contribution >= 4 is 110 Å². The van der Waals surface area contributed by atoms with E-state index in [2.05, 4.69) is 57.3 Å². The fourth-order valence-electron chi connectivity index (χ4n) is 10.2. The molecule has 4 aromatic heterocycles. The monoisotopic (exact) mass is 804 g/mol. The van der Waals surface area contributed by atoms with E-state index in [-0.39, 0.29) is 35.5 Å². The van der Waals surface area contributed by atoms with E-state index in [4.69, 9.17) is 8.22 Å². The molecule has 4 heteroatoms. The molecule has 0 aliphatic heterocycles. The van der Waals surface area contributed by atoms with Crippen LogP contribution in [-0.4, -0.2) is 8.80 Å². The van der Waals surface area contributed by atoms with Crippen LogP contribution in [0.2, 0.25) is 0 Å². The number of aryl methyl sites for hydroxylation is 4. The molecule has 0 aliphatic rings. The molecule has 62 heavy (non-hydrogen) atoms. The highest BCUT2D eigenvalue weighted by atomic mass is 15.2. The number of rotatable bonds is 6. The Kier molecular flexibility index (Phi) is 5.47. The first-order chi connectivity index (χ1) is 34.6. The van der Waals surface area contributed by atoms with E-state index in [1.54, 1.807) is 0 Å². The van der Waals surface area contributed by atoms with Gasteiger partial charge in [-0.1, -0.05) is 109 Å². The Bertz CT molecular complexity index is 4190. The summed E-state index contributed by atoms with van der Waals surface area (Å²) in [6.45, 7) is 7.92. The number of fused-ring (bicyclic) bond motifs is 12. The zero-order chi connectivity index (χ0) is 50.1. The van der Waals surface area contributed by atoms with Gasteiger partial charge in [0.2, 0.25) is 0 Å². The number of anilines is 6. The number of aromatic nitrogens is 2. The molecule has 0 bridgehead atoms. The molecule has 0 N–H and O–H groups in total. The van der Waals surface area contributed by atoms with Crippen LogP contribution in [0.5, 0.6) is 0 Å². The minimum atomic E-state index is -0.452. The third-order valence-corrected chi connectivity index (χ3v) is 12.9. The van der Waals surface area contributed by atoms with Crippen molar-refractivity contribution in [2.45, 2.75) is 27.7 Å². The summed E-state index contributed by atoms with van der Waals surface area (Å²) >= 11 is 0. The summed E-state index contributed by atoms with van der Waals surface area (Å²) in [7, 11) is 0. The lowest BCUT2D eigenvalue weighted by molar-refractivity contribution is 1.25. The molecule has 0 fully saturated rings. The molecular formula is C58H42N4. The maximum absolute atomic E-state index is 9.27. The molecule has 13 aromatic rings. The smallest absolute Gasteiger partial charge is 0.0645 e. The van der Waals surface area contributed by atoms with Gasteiger partial charge in [-0.15, -0.1) is 0 Å². The second-order valence-electron chi connectivity index (χ2n) is 16.5. The van der Waals surface area contributed by atoms with Gasteiger partial charge in [0.1, 0.15) is 0 Å². The van der Waals surface area contributed by atoms with Crippen molar-refractivity contribution in [3.63, 3.8) is 0 Å². The fourth-order valence-corrected chi connectivity index (χ4v) is 10.2. The fraction of sp³-hybridized carbons (Fsp3) is 0.0690. The van der Waals surface area contributed by atoms with Gasteiger partial charge in [-0.25, -0.2) is 0 Å². The van der Waals surface area contributed by atoms with Gasteiger partial charge in [-0.2, -0.15) is 0 Å². The van der Waals surface area contributed by atoms with Crippen LogP contribution in [0.25, 0.3) is 76.2 Å². The Morgan fingerprint density at radius 2 is 0.790 bits per heavy atom. The molecule has 4 nitrogen and oxygen atoms in total. The molecule has 0 amide bonds. The lowest BCUT2D eigenvalue weighted by Crippen LogP contribution is -2.12. The van der Waals surface area contributed by atoms with Crippen molar-refractivity contribution in [1.82, 2.24) is 8.80 Å². The van der Waals surface area contributed by atoms with Crippen LogP contribution in [0.15, 0.2) is 182 Å². The van der Waals surface area contributed by atoms with Crippen molar-refractivity contribution < 1.29 is 13.7 Å². The molecule has 0 atom stereocenters. The second kappa shape index (κ2) is 12.8. The molecule has 13 rings (SSSR count). The number of nitrogens with zero attached hydrogens (tertiary/aromatic N) is 4. The van der Waals surface area contributed by atoms with E-state index in [0.717, 1.165) is 98.4 Å². The van der Waals surface area contributed by atoms with Gasteiger partial charge in [0, 0.05) is 65.8 Å². The SMILES string of the molecule is [2H]c1c([2H])c([2H])c(N(c2cc(C)ccc2C)c2ccc3c4cc5c(cc4n4c6ccccc6c2c34)c2ccc(N(c3cc(C)ccc3C)c3c([2H])c([2H])c([2H])c([2H])c3[2H])c3c4ccccc4n5c23)c([2H])c1[2H]. The highest BCUT2D eigenvalue weighted by molar-refractivity contribution is 6.32. The topological polar surface area (TPSA) is 15.3 Å². The van der Waals surface area contributed by atoms with E-state index in [9.17, 15) is 5.48 Å². The number of hydrogen-bond acceptors (Lipinski definition) is 2. The van der Waals surface area contributed by atoms with Crippen LogP contribution in [-0.2, 0) is 0 Å². The molecule has 4 heterocycles.